The maximum Gasteiger partial charge on any atom is 0.223 e. The molecular formula is C26H26ClFN6. The Labute approximate surface area is 203 Å². The minimum atomic E-state index is -0.272. The number of piperidine rings is 1. The maximum atomic E-state index is 13.6. The maximum absolute atomic E-state index is 13.6. The van der Waals surface area contributed by atoms with E-state index in [-0.39, 0.29) is 5.82 Å². The molecule has 0 radical (unpaired) electrons. The first-order chi connectivity index (χ1) is 16.5. The lowest BCUT2D eigenvalue weighted by Crippen LogP contribution is -2.29. The van der Waals surface area contributed by atoms with E-state index in [0.29, 0.717) is 23.4 Å². The van der Waals surface area contributed by atoms with E-state index in [4.69, 9.17) is 21.6 Å². The van der Waals surface area contributed by atoms with Crippen LogP contribution in [0.4, 0.5) is 10.3 Å². The predicted octanol–water partition coefficient (Wildman–Crippen LogP) is 5.75. The zero-order chi connectivity index (χ0) is 23.5. The highest BCUT2D eigenvalue weighted by Crippen LogP contribution is 2.34. The van der Waals surface area contributed by atoms with Gasteiger partial charge in [-0.1, -0.05) is 23.7 Å². The van der Waals surface area contributed by atoms with Gasteiger partial charge in [0.05, 0.1) is 17.1 Å². The van der Waals surface area contributed by atoms with Crippen molar-refractivity contribution in [2.45, 2.75) is 25.3 Å². The normalized spacial score (nSPS) is 14.9. The summed E-state index contributed by atoms with van der Waals surface area (Å²) in [5, 5.41) is 3.96. The van der Waals surface area contributed by atoms with Gasteiger partial charge >= 0.3 is 0 Å². The molecule has 0 aliphatic carbocycles. The van der Waals surface area contributed by atoms with Crippen molar-refractivity contribution < 1.29 is 4.39 Å². The lowest BCUT2D eigenvalue weighted by atomic mass is 9.96. The molecule has 3 heterocycles. The summed E-state index contributed by atoms with van der Waals surface area (Å²) in [6.45, 7) is 2.63. The highest BCUT2D eigenvalue weighted by Gasteiger charge is 2.24. The molecule has 2 N–H and O–H groups in total. The van der Waals surface area contributed by atoms with Gasteiger partial charge in [-0.15, -0.1) is 0 Å². The molecule has 1 aliphatic rings. The smallest absolute Gasteiger partial charge is 0.223 e. The van der Waals surface area contributed by atoms with Crippen molar-refractivity contribution in [3.8, 4) is 22.6 Å². The number of likely N-dealkylation sites (tertiary alicyclic amines) is 1. The predicted molar refractivity (Wildman–Crippen MR) is 133 cm³/mol. The van der Waals surface area contributed by atoms with Crippen LogP contribution >= 0.6 is 11.6 Å². The number of nitrogens with one attached hydrogen (secondary N) is 2. The van der Waals surface area contributed by atoms with Crippen molar-refractivity contribution >= 4 is 17.5 Å². The Morgan fingerprint density at radius 2 is 1.88 bits per heavy atom. The topological polar surface area (TPSA) is 69.7 Å². The summed E-state index contributed by atoms with van der Waals surface area (Å²) in [6.07, 6.45) is 3.82. The lowest BCUT2D eigenvalue weighted by Gasteiger charge is -2.27. The van der Waals surface area contributed by atoms with Crippen LogP contribution < -0.4 is 5.32 Å². The van der Waals surface area contributed by atoms with E-state index in [1.807, 2.05) is 30.3 Å². The molecule has 0 bridgehead atoms. The monoisotopic (exact) mass is 476 g/mol. The fourth-order valence-electron chi connectivity index (χ4n) is 4.28. The summed E-state index contributed by atoms with van der Waals surface area (Å²) >= 11 is 6.10. The Hall–Kier alpha value is -3.29. The molecule has 34 heavy (non-hydrogen) atoms. The van der Waals surface area contributed by atoms with Crippen molar-refractivity contribution in [1.82, 2.24) is 24.8 Å². The molecule has 1 saturated heterocycles. The standard InChI is InChI=1S/C26H26ClFN6/c1-34-13-10-19(11-14-34)25-32-23(18-5-7-21(28)8-6-18)24(33-25)22-9-12-29-26(31-22)30-16-17-3-2-4-20(27)15-17/h2-9,12,15,19H,10-11,13-14,16H2,1H3,(H,32,33)(H,29,30,31). The number of aromatic amines is 1. The Morgan fingerprint density at radius 3 is 2.65 bits per heavy atom. The van der Waals surface area contributed by atoms with E-state index in [9.17, 15) is 4.39 Å². The van der Waals surface area contributed by atoms with E-state index in [2.05, 4.69) is 27.2 Å². The molecule has 2 aromatic carbocycles. The Morgan fingerprint density at radius 1 is 1.09 bits per heavy atom. The molecule has 5 rings (SSSR count). The molecule has 0 unspecified atom stereocenters. The molecule has 6 nitrogen and oxygen atoms in total. The van der Waals surface area contributed by atoms with Gasteiger partial charge in [0, 0.05) is 29.2 Å². The fourth-order valence-corrected chi connectivity index (χ4v) is 4.49. The molecule has 0 saturated carbocycles. The van der Waals surface area contributed by atoms with Crippen LogP contribution in [0, 0.1) is 5.82 Å². The molecule has 0 spiro atoms. The van der Waals surface area contributed by atoms with Gasteiger partial charge in [-0.2, -0.15) is 0 Å². The van der Waals surface area contributed by atoms with E-state index in [1.54, 1.807) is 18.3 Å². The third-order valence-electron chi connectivity index (χ3n) is 6.20. The second-order valence-corrected chi connectivity index (χ2v) is 9.12. The van der Waals surface area contributed by atoms with Gasteiger partial charge in [-0.05, 0) is 81.0 Å². The van der Waals surface area contributed by atoms with Gasteiger partial charge in [-0.3, -0.25) is 0 Å². The van der Waals surface area contributed by atoms with E-state index < -0.39 is 0 Å². The average Bonchev–Trinajstić information content (AvgIpc) is 3.29. The number of hydrogen-bond acceptors (Lipinski definition) is 5. The number of halogens is 2. The van der Waals surface area contributed by atoms with Gasteiger partial charge in [0.25, 0.3) is 0 Å². The number of imidazole rings is 1. The first-order valence-electron chi connectivity index (χ1n) is 11.4. The minimum Gasteiger partial charge on any atom is -0.350 e. The molecular weight excluding hydrogens is 451 g/mol. The molecule has 0 atom stereocenters. The van der Waals surface area contributed by atoms with Crippen molar-refractivity contribution in [2.24, 2.45) is 0 Å². The van der Waals surface area contributed by atoms with E-state index in [1.165, 1.54) is 12.1 Å². The van der Waals surface area contributed by atoms with Gasteiger partial charge in [0.15, 0.2) is 0 Å². The van der Waals surface area contributed by atoms with E-state index >= 15 is 0 Å². The zero-order valence-electron chi connectivity index (χ0n) is 18.9. The quantitative estimate of drug-likeness (QED) is 0.371. The number of anilines is 1. The van der Waals surface area contributed by atoms with Crippen molar-refractivity contribution in [3.63, 3.8) is 0 Å². The number of nitrogens with zero attached hydrogens (tertiary/aromatic N) is 4. The summed E-state index contributed by atoms with van der Waals surface area (Å²) in [5.41, 5.74) is 4.20. The van der Waals surface area contributed by atoms with Crippen LogP contribution in [0.5, 0.6) is 0 Å². The fraction of sp³-hybridized carbons (Fsp3) is 0.269. The van der Waals surface area contributed by atoms with Crippen LogP contribution in [-0.2, 0) is 6.54 Å². The van der Waals surface area contributed by atoms with Crippen LogP contribution in [0.1, 0.15) is 30.1 Å². The highest BCUT2D eigenvalue weighted by molar-refractivity contribution is 6.30. The first kappa shape index (κ1) is 22.5. The number of H-pyrrole nitrogens is 1. The van der Waals surface area contributed by atoms with Crippen LogP contribution in [0.25, 0.3) is 22.6 Å². The lowest BCUT2D eigenvalue weighted by molar-refractivity contribution is 0.251. The molecule has 1 fully saturated rings. The number of benzene rings is 2. The van der Waals surface area contributed by atoms with Gasteiger partial charge in [0.2, 0.25) is 5.95 Å². The summed E-state index contributed by atoms with van der Waals surface area (Å²) in [4.78, 5) is 20.0. The molecule has 1 aliphatic heterocycles. The molecule has 174 valence electrons. The summed E-state index contributed by atoms with van der Waals surface area (Å²) in [7, 11) is 2.15. The first-order valence-corrected chi connectivity index (χ1v) is 11.8. The highest BCUT2D eigenvalue weighted by atomic mass is 35.5. The summed E-state index contributed by atoms with van der Waals surface area (Å²) in [5.74, 6) is 1.55. The molecule has 2 aromatic heterocycles. The Kier molecular flexibility index (Phi) is 6.56. The summed E-state index contributed by atoms with van der Waals surface area (Å²) in [6, 6.07) is 16.0. The minimum absolute atomic E-state index is 0.272. The van der Waals surface area contributed by atoms with Gasteiger partial charge < -0.3 is 15.2 Å². The van der Waals surface area contributed by atoms with Crippen molar-refractivity contribution in [2.75, 3.05) is 25.5 Å². The van der Waals surface area contributed by atoms with Crippen molar-refractivity contribution in [3.05, 3.63) is 83.0 Å². The second-order valence-electron chi connectivity index (χ2n) is 8.68. The largest absolute Gasteiger partial charge is 0.350 e. The van der Waals surface area contributed by atoms with Gasteiger partial charge in [0.1, 0.15) is 11.6 Å². The molecule has 4 aromatic rings. The van der Waals surface area contributed by atoms with Crippen LogP contribution in [0.2, 0.25) is 5.02 Å². The molecule has 8 heteroatoms. The number of hydrogen-bond donors (Lipinski definition) is 2. The van der Waals surface area contributed by atoms with Crippen LogP contribution in [0.15, 0.2) is 60.8 Å². The SMILES string of the molecule is CN1CCC(c2nc(-c3ccc(F)cc3)c(-c3ccnc(NCc4cccc(Cl)c4)n3)[nH]2)CC1. The van der Waals surface area contributed by atoms with Crippen LogP contribution in [0.3, 0.4) is 0 Å². The Balaban J connectivity index is 1.46. The van der Waals surface area contributed by atoms with Crippen molar-refractivity contribution in [1.29, 1.82) is 0 Å². The molecule has 0 amide bonds. The third kappa shape index (κ3) is 5.11. The zero-order valence-corrected chi connectivity index (χ0v) is 19.7. The number of rotatable bonds is 6. The van der Waals surface area contributed by atoms with E-state index in [0.717, 1.165) is 60.0 Å². The van der Waals surface area contributed by atoms with Gasteiger partial charge in [-0.25, -0.2) is 19.3 Å². The Bertz CT molecular complexity index is 1260. The third-order valence-corrected chi connectivity index (χ3v) is 6.43. The summed E-state index contributed by atoms with van der Waals surface area (Å²) < 4.78 is 13.6. The number of aromatic nitrogens is 4. The second kappa shape index (κ2) is 9.91. The average molecular weight is 477 g/mol. The van der Waals surface area contributed by atoms with Crippen LogP contribution in [-0.4, -0.2) is 45.0 Å².